The van der Waals surface area contributed by atoms with Crippen LogP contribution in [0.1, 0.15) is 10.5 Å². The highest BCUT2D eigenvalue weighted by atomic mass is 19.1. The first-order valence-corrected chi connectivity index (χ1v) is 7.57. The maximum absolute atomic E-state index is 13.2. The quantitative estimate of drug-likeness (QED) is 0.617. The molecule has 1 N–H and O–H groups in total. The molecule has 0 aliphatic heterocycles. The summed E-state index contributed by atoms with van der Waals surface area (Å²) in [6, 6.07) is 18.5. The van der Waals surface area contributed by atoms with Gasteiger partial charge in [-0.2, -0.15) is 5.10 Å². The maximum Gasteiger partial charge on any atom is 0.354 e. The highest BCUT2D eigenvalue weighted by molar-refractivity contribution is 5.88. The first kappa shape index (κ1) is 15.0. The molecule has 0 aliphatic carbocycles. The zero-order valence-corrected chi connectivity index (χ0v) is 12.9. The number of halogens is 1. The summed E-state index contributed by atoms with van der Waals surface area (Å²) in [5.74, 6) is -1.49. The molecule has 0 aliphatic rings. The van der Waals surface area contributed by atoms with Crippen LogP contribution in [-0.2, 0) is 0 Å². The van der Waals surface area contributed by atoms with E-state index < -0.39 is 5.97 Å². The first-order valence-electron chi connectivity index (χ1n) is 7.57. The van der Waals surface area contributed by atoms with Crippen molar-refractivity contribution in [2.45, 2.75) is 0 Å². The molecule has 0 amide bonds. The fraction of sp³-hybridized carbons (Fsp3) is 0. The predicted molar refractivity (Wildman–Crippen MR) is 90.8 cm³/mol. The molecule has 5 nitrogen and oxygen atoms in total. The van der Waals surface area contributed by atoms with Gasteiger partial charge in [-0.25, -0.2) is 18.7 Å². The Bertz CT molecular complexity index is 1070. The molecule has 2 aromatic carbocycles. The molecule has 25 heavy (non-hydrogen) atoms. The van der Waals surface area contributed by atoms with Crippen LogP contribution in [0.15, 0.2) is 66.7 Å². The number of aromatic carboxylic acids is 1. The number of hydrogen-bond donors (Lipinski definition) is 1. The molecule has 0 saturated carbocycles. The Balaban J connectivity index is 1.98. The largest absolute Gasteiger partial charge is 0.477 e. The van der Waals surface area contributed by atoms with Crippen LogP contribution in [0.2, 0.25) is 0 Å². The van der Waals surface area contributed by atoms with Crippen LogP contribution in [-0.4, -0.2) is 25.7 Å². The molecule has 0 atom stereocenters. The second-order valence-corrected chi connectivity index (χ2v) is 5.50. The Kier molecular flexibility index (Phi) is 3.50. The number of carboxylic acids is 1. The average molecular weight is 333 g/mol. The third-order valence-electron chi connectivity index (χ3n) is 3.86. The second-order valence-electron chi connectivity index (χ2n) is 5.50. The Labute approximate surface area is 142 Å². The summed E-state index contributed by atoms with van der Waals surface area (Å²) in [4.78, 5) is 15.6. The molecule has 0 unspecified atom stereocenters. The number of aromatic nitrogens is 3. The number of rotatable bonds is 3. The van der Waals surface area contributed by atoms with Gasteiger partial charge in [-0.05, 0) is 30.3 Å². The molecular formula is C19H12FN3O2. The van der Waals surface area contributed by atoms with Crippen LogP contribution in [0.25, 0.3) is 28.2 Å². The summed E-state index contributed by atoms with van der Waals surface area (Å²) >= 11 is 0. The lowest BCUT2D eigenvalue weighted by Gasteiger charge is -2.06. The lowest BCUT2D eigenvalue weighted by atomic mass is 10.1. The Morgan fingerprint density at radius 2 is 1.68 bits per heavy atom. The van der Waals surface area contributed by atoms with Crippen molar-refractivity contribution in [2.75, 3.05) is 0 Å². The molecule has 0 radical (unpaired) electrons. The van der Waals surface area contributed by atoms with Crippen LogP contribution < -0.4 is 0 Å². The van der Waals surface area contributed by atoms with E-state index in [1.54, 1.807) is 22.7 Å². The van der Waals surface area contributed by atoms with Gasteiger partial charge in [0.1, 0.15) is 5.82 Å². The van der Waals surface area contributed by atoms with E-state index in [0.717, 1.165) is 5.56 Å². The van der Waals surface area contributed by atoms with Crippen molar-refractivity contribution < 1.29 is 14.3 Å². The summed E-state index contributed by atoms with van der Waals surface area (Å²) in [6.45, 7) is 0. The van der Waals surface area contributed by atoms with Gasteiger partial charge < -0.3 is 5.11 Å². The Hall–Kier alpha value is -3.54. The van der Waals surface area contributed by atoms with Crippen molar-refractivity contribution in [3.05, 3.63) is 78.2 Å². The van der Waals surface area contributed by atoms with E-state index in [-0.39, 0.29) is 11.5 Å². The zero-order valence-electron chi connectivity index (χ0n) is 12.9. The number of benzene rings is 2. The minimum atomic E-state index is -1.13. The molecule has 0 saturated heterocycles. The standard InChI is InChI=1S/C19H12FN3O2/c20-14-8-6-13(7-9-14)17-10-16(19(24)25)21-18-11-15(22-23(17)18)12-4-2-1-3-5-12/h1-11H,(H,24,25). The van der Waals surface area contributed by atoms with Crippen LogP contribution in [0.5, 0.6) is 0 Å². The third-order valence-corrected chi connectivity index (χ3v) is 3.86. The summed E-state index contributed by atoms with van der Waals surface area (Å²) in [6.07, 6.45) is 0. The number of nitrogens with zero attached hydrogens (tertiary/aromatic N) is 3. The molecule has 4 rings (SSSR count). The molecule has 2 heterocycles. The minimum absolute atomic E-state index is 0.0914. The van der Waals surface area contributed by atoms with Crippen molar-refractivity contribution in [1.82, 2.24) is 14.6 Å². The molecule has 0 bridgehead atoms. The van der Waals surface area contributed by atoms with E-state index >= 15 is 0 Å². The summed E-state index contributed by atoms with van der Waals surface area (Å²) in [5, 5.41) is 13.9. The first-order chi connectivity index (χ1) is 12.1. The van der Waals surface area contributed by atoms with Gasteiger partial charge in [0.05, 0.1) is 11.4 Å². The number of carbonyl (C=O) groups is 1. The van der Waals surface area contributed by atoms with Crippen molar-refractivity contribution in [3.63, 3.8) is 0 Å². The molecule has 0 fully saturated rings. The predicted octanol–water partition coefficient (Wildman–Crippen LogP) is 3.90. The van der Waals surface area contributed by atoms with Gasteiger partial charge in [-0.3, -0.25) is 0 Å². The topological polar surface area (TPSA) is 67.5 Å². The van der Waals surface area contributed by atoms with Crippen LogP contribution in [0.3, 0.4) is 0 Å². The van der Waals surface area contributed by atoms with Crippen molar-refractivity contribution >= 4 is 11.6 Å². The van der Waals surface area contributed by atoms with Gasteiger partial charge in [0.25, 0.3) is 0 Å². The second kappa shape index (κ2) is 5.83. The van der Waals surface area contributed by atoms with E-state index in [2.05, 4.69) is 10.1 Å². The van der Waals surface area contributed by atoms with Crippen molar-refractivity contribution in [3.8, 4) is 22.5 Å². The number of fused-ring (bicyclic) bond motifs is 1. The van der Waals surface area contributed by atoms with E-state index in [9.17, 15) is 14.3 Å². The molecule has 6 heteroatoms. The van der Waals surface area contributed by atoms with Crippen LogP contribution >= 0.6 is 0 Å². The third kappa shape index (κ3) is 2.74. The van der Waals surface area contributed by atoms with Crippen molar-refractivity contribution in [2.24, 2.45) is 0 Å². The minimum Gasteiger partial charge on any atom is -0.477 e. The van der Waals surface area contributed by atoms with Gasteiger partial charge in [-0.15, -0.1) is 0 Å². The fourth-order valence-electron chi connectivity index (χ4n) is 2.66. The van der Waals surface area contributed by atoms with E-state index in [4.69, 9.17) is 0 Å². The van der Waals surface area contributed by atoms with Gasteiger partial charge in [0.15, 0.2) is 11.3 Å². The summed E-state index contributed by atoms with van der Waals surface area (Å²) in [7, 11) is 0. The zero-order chi connectivity index (χ0) is 17.4. The molecular weight excluding hydrogens is 321 g/mol. The van der Waals surface area contributed by atoms with Gasteiger partial charge >= 0.3 is 5.97 Å². The van der Waals surface area contributed by atoms with Gasteiger partial charge in [-0.1, -0.05) is 30.3 Å². The lowest BCUT2D eigenvalue weighted by Crippen LogP contribution is -2.05. The van der Waals surface area contributed by atoms with E-state index in [1.165, 1.54) is 18.2 Å². The Morgan fingerprint density at radius 3 is 2.36 bits per heavy atom. The van der Waals surface area contributed by atoms with Crippen LogP contribution in [0, 0.1) is 5.82 Å². The molecule has 4 aromatic rings. The smallest absolute Gasteiger partial charge is 0.354 e. The number of hydrogen-bond acceptors (Lipinski definition) is 3. The molecule has 0 spiro atoms. The molecule has 122 valence electrons. The SMILES string of the molecule is O=C(O)c1cc(-c2ccc(F)cc2)n2nc(-c3ccccc3)cc2n1. The average Bonchev–Trinajstić information content (AvgIpc) is 3.06. The highest BCUT2D eigenvalue weighted by Gasteiger charge is 2.15. The van der Waals surface area contributed by atoms with Crippen molar-refractivity contribution in [1.29, 1.82) is 0 Å². The fourth-order valence-corrected chi connectivity index (χ4v) is 2.66. The summed E-state index contributed by atoms with van der Waals surface area (Å²) in [5.41, 5.74) is 3.09. The molecule has 2 aromatic heterocycles. The normalized spacial score (nSPS) is 10.9. The van der Waals surface area contributed by atoms with Crippen LogP contribution in [0.4, 0.5) is 4.39 Å². The Morgan fingerprint density at radius 1 is 0.960 bits per heavy atom. The monoisotopic (exact) mass is 333 g/mol. The lowest BCUT2D eigenvalue weighted by molar-refractivity contribution is 0.0690. The van der Waals surface area contributed by atoms with E-state index in [0.29, 0.717) is 22.6 Å². The van der Waals surface area contributed by atoms with Gasteiger partial charge in [0, 0.05) is 17.2 Å². The summed E-state index contributed by atoms with van der Waals surface area (Å²) < 4.78 is 14.8. The number of carboxylic acid groups (broad SMARTS) is 1. The maximum atomic E-state index is 13.2. The highest BCUT2D eigenvalue weighted by Crippen LogP contribution is 2.25. The van der Waals surface area contributed by atoms with Gasteiger partial charge in [0.2, 0.25) is 0 Å². The van der Waals surface area contributed by atoms with E-state index in [1.807, 2.05) is 30.3 Å².